The van der Waals surface area contributed by atoms with E-state index >= 15 is 0 Å². The molecule has 3 rings (SSSR count). The zero-order valence-electron chi connectivity index (χ0n) is 14.5. The summed E-state index contributed by atoms with van der Waals surface area (Å²) in [5, 5.41) is 11.5. The number of hydrogen-bond acceptors (Lipinski definition) is 5. The lowest BCUT2D eigenvalue weighted by Gasteiger charge is -2.34. The van der Waals surface area contributed by atoms with E-state index in [2.05, 4.69) is 9.80 Å². The number of halogens is 1. The van der Waals surface area contributed by atoms with Crippen LogP contribution in [0, 0.1) is 10.1 Å². The molecule has 138 valence electrons. The predicted molar refractivity (Wildman–Crippen MR) is 102 cm³/mol. The Hall–Kier alpha value is -2.15. The van der Waals surface area contributed by atoms with Gasteiger partial charge in [0.15, 0.2) is 0 Å². The Balaban J connectivity index is 1.41. The highest BCUT2D eigenvalue weighted by molar-refractivity contribution is 6.32. The molecular weight excluding hydrogens is 354 g/mol. The summed E-state index contributed by atoms with van der Waals surface area (Å²) < 4.78 is 5.75. The third kappa shape index (κ3) is 5.17. The van der Waals surface area contributed by atoms with Crippen molar-refractivity contribution in [2.24, 2.45) is 0 Å². The SMILES string of the molecule is O=[N+]([O-])c1cccc(CN2CCN(CCOc3ccccc3Cl)CC2)c1. The molecule has 1 aliphatic rings. The Morgan fingerprint density at radius 3 is 2.50 bits per heavy atom. The summed E-state index contributed by atoms with van der Waals surface area (Å²) in [7, 11) is 0. The zero-order chi connectivity index (χ0) is 18.4. The molecule has 7 heteroatoms. The monoisotopic (exact) mass is 375 g/mol. The normalized spacial score (nSPS) is 15.7. The van der Waals surface area contributed by atoms with Gasteiger partial charge in [0.05, 0.1) is 9.95 Å². The lowest BCUT2D eigenvalue weighted by Crippen LogP contribution is -2.47. The molecule has 0 bridgehead atoms. The maximum Gasteiger partial charge on any atom is 0.269 e. The molecule has 0 aromatic heterocycles. The molecule has 1 saturated heterocycles. The van der Waals surface area contributed by atoms with Gasteiger partial charge in [0.25, 0.3) is 5.69 Å². The van der Waals surface area contributed by atoms with Crippen molar-refractivity contribution in [2.75, 3.05) is 39.3 Å². The van der Waals surface area contributed by atoms with Crippen LogP contribution in [0.4, 0.5) is 5.69 Å². The van der Waals surface area contributed by atoms with Crippen molar-refractivity contribution in [3.05, 3.63) is 69.2 Å². The van der Waals surface area contributed by atoms with E-state index in [4.69, 9.17) is 16.3 Å². The van der Waals surface area contributed by atoms with Crippen molar-refractivity contribution in [1.29, 1.82) is 0 Å². The Morgan fingerprint density at radius 2 is 1.77 bits per heavy atom. The van der Waals surface area contributed by atoms with Crippen molar-refractivity contribution >= 4 is 17.3 Å². The Bertz CT molecular complexity index is 748. The molecule has 2 aromatic rings. The number of piperazine rings is 1. The average molecular weight is 376 g/mol. The van der Waals surface area contributed by atoms with Crippen molar-refractivity contribution in [3.8, 4) is 5.75 Å². The molecule has 1 fully saturated rings. The van der Waals surface area contributed by atoms with Crippen LogP contribution in [0.5, 0.6) is 5.75 Å². The highest BCUT2D eigenvalue weighted by Crippen LogP contribution is 2.23. The molecule has 0 radical (unpaired) electrons. The quantitative estimate of drug-likeness (QED) is 0.548. The zero-order valence-corrected chi connectivity index (χ0v) is 15.3. The van der Waals surface area contributed by atoms with Crippen LogP contribution in [-0.2, 0) is 6.54 Å². The minimum atomic E-state index is -0.347. The van der Waals surface area contributed by atoms with Crippen LogP contribution < -0.4 is 4.74 Å². The van der Waals surface area contributed by atoms with Gasteiger partial charge in [-0.3, -0.25) is 19.9 Å². The van der Waals surface area contributed by atoms with Crippen LogP contribution in [0.25, 0.3) is 0 Å². The summed E-state index contributed by atoms with van der Waals surface area (Å²) in [6, 6.07) is 14.4. The van der Waals surface area contributed by atoms with E-state index in [1.807, 2.05) is 30.3 Å². The van der Waals surface area contributed by atoms with E-state index in [-0.39, 0.29) is 10.6 Å². The number of para-hydroxylation sites is 1. The number of nitrogens with zero attached hydrogens (tertiary/aromatic N) is 3. The van der Waals surface area contributed by atoms with Crippen molar-refractivity contribution in [2.45, 2.75) is 6.54 Å². The molecular formula is C19H22ClN3O3. The highest BCUT2D eigenvalue weighted by atomic mass is 35.5. The molecule has 2 aromatic carbocycles. The van der Waals surface area contributed by atoms with Crippen LogP contribution in [0.15, 0.2) is 48.5 Å². The Kier molecular flexibility index (Phi) is 6.44. The summed E-state index contributed by atoms with van der Waals surface area (Å²) in [4.78, 5) is 15.2. The molecule has 0 unspecified atom stereocenters. The van der Waals surface area contributed by atoms with Crippen LogP contribution in [0.2, 0.25) is 5.02 Å². The maximum atomic E-state index is 10.9. The standard InChI is InChI=1S/C19H22ClN3O3/c20-18-6-1-2-7-19(18)26-13-12-21-8-10-22(11-9-21)15-16-4-3-5-17(14-16)23(24)25/h1-7,14H,8-13,15H2. The first-order valence-electron chi connectivity index (χ1n) is 8.67. The number of nitro benzene ring substituents is 1. The first kappa shape index (κ1) is 18.6. The number of benzene rings is 2. The molecule has 0 saturated carbocycles. The van der Waals surface area contributed by atoms with Gasteiger partial charge in [-0.2, -0.15) is 0 Å². The third-order valence-electron chi connectivity index (χ3n) is 4.49. The molecule has 0 spiro atoms. The molecule has 0 amide bonds. The second-order valence-corrected chi connectivity index (χ2v) is 6.73. The van der Waals surface area contributed by atoms with Crippen molar-refractivity contribution in [1.82, 2.24) is 9.80 Å². The molecule has 0 N–H and O–H groups in total. The number of non-ortho nitro benzene ring substituents is 1. The molecule has 26 heavy (non-hydrogen) atoms. The molecule has 0 aliphatic carbocycles. The summed E-state index contributed by atoms with van der Waals surface area (Å²) in [5.41, 5.74) is 1.13. The summed E-state index contributed by atoms with van der Waals surface area (Å²) in [6.45, 7) is 6.00. The largest absolute Gasteiger partial charge is 0.491 e. The second kappa shape index (κ2) is 8.98. The Morgan fingerprint density at radius 1 is 1.04 bits per heavy atom. The second-order valence-electron chi connectivity index (χ2n) is 6.32. The minimum Gasteiger partial charge on any atom is -0.491 e. The number of ether oxygens (including phenoxy) is 1. The lowest BCUT2D eigenvalue weighted by atomic mass is 10.1. The van der Waals surface area contributed by atoms with Gasteiger partial charge >= 0.3 is 0 Å². The third-order valence-corrected chi connectivity index (χ3v) is 4.81. The van der Waals surface area contributed by atoms with Crippen LogP contribution >= 0.6 is 11.6 Å². The van der Waals surface area contributed by atoms with Gasteiger partial charge in [-0.05, 0) is 17.7 Å². The van der Waals surface area contributed by atoms with E-state index in [1.54, 1.807) is 12.1 Å². The lowest BCUT2D eigenvalue weighted by molar-refractivity contribution is -0.384. The van der Waals surface area contributed by atoms with Gasteiger partial charge in [-0.1, -0.05) is 35.9 Å². The molecule has 0 atom stereocenters. The summed E-state index contributed by atoms with van der Waals surface area (Å²) >= 11 is 6.09. The fourth-order valence-corrected chi connectivity index (χ4v) is 3.23. The van der Waals surface area contributed by atoms with E-state index in [1.165, 1.54) is 6.07 Å². The summed E-state index contributed by atoms with van der Waals surface area (Å²) in [5.74, 6) is 0.721. The molecule has 6 nitrogen and oxygen atoms in total. The van der Waals surface area contributed by atoms with E-state index in [9.17, 15) is 10.1 Å². The first-order chi connectivity index (χ1) is 12.6. The van der Waals surface area contributed by atoms with Gasteiger partial charge in [-0.15, -0.1) is 0 Å². The molecule has 1 heterocycles. The van der Waals surface area contributed by atoms with Crippen molar-refractivity contribution in [3.63, 3.8) is 0 Å². The van der Waals surface area contributed by atoms with Crippen LogP contribution in [0.3, 0.4) is 0 Å². The first-order valence-corrected chi connectivity index (χ1v) is 9.05. The maximum absolute atomic E-state index is 10.9. The van der Waals surface area contributed by atoms with Gasteiger partial charge in [-0.25, -0.2) is 0 Å². The van der Waals surface area contributed by atoms with E-state index < -0.39 is 0 Å². The van der Waals surface area contributed by atoms with Crippen LogP contribution in [-0.4, -0.2) is 54.1 Å². The number of hydrogen-bond donors (Lipinski definition) is 0. The average Bonchev–Trinajstić information content (AvgIpc) is 2.65. The van der Waals surface area contributed by atoms with E-state index in [0.717, 1.165) is 50.6 Å². The fraction of sp³-hybridized carbons (Fsp3) is 0.368. The van der Waals surface area contributed by atoms with Gasteiger partial charge in [0.2, 0.25) is 0 Å². The van der Waals surface area contributed by atoms with Crippen LogP contribution in [0.1, 0.15) is 5.56 Å². The van der Waals surface area contributed by atoms with Gasteiger partial charge in [0, 0.05) is 51.4 Å². The summed E-state index contributed by atoms with van der Waals surface area (Å²) in [6.07, 6.45) is 0. The topological polar surface area (TPSA) is 58.9 Å². The Labute approximate surface area is 158 Å². The predicted octanol–water partition coefficient (Wildman–Crippen LogP) is 3.44. The number of nitro groups is 1. The minimum absolute atomic E-state index is 0.151. The molecule has 1 aliphatic heterocycles. The fourth-order valence-electron chi connectivity index (χ4n) is 3.04. The van der Waals surface area contributed by atoms with Crippen molar-refractivity contribution < 1.29 is 9.66 Å². The smallest absolute Gasteiger partial charge is 0.269 e. The van der Waals surface area contributed by atoms with Gasteiger partial charge < -0.3 is 4.74 Å². The highest BCUT2D eigenvalue weighted by Gasteiger charge is 2.17. The number of rotatable bonds is 7. The van der Waals surface area contributed by atoms with Gasteiger partial charge in [0.1, 0.15) is 12.4 Å². The van der Waals surface area contributed by atoms with E-state index in [0.29, 0.717) is 11.6 Å².